The second kappa shape index (κ2) is 5.38. The molecule has 1 aromatic rings. The Morgan fingerprint density at radius 2 is 2.06 bits per heavy atom. The van der Waals surface area contributed by atoms with Gasteiger partial charge in [0.25, 0.3) is 0 Å². The van der Waals surface area contributed by atoms with Crippen LogP contribution in [0, 0.1) is 19.3 Å². The molecule has 0 aliphatic heterocycles. The number of hydrogen-bond donors (Lipinski definition) is 3. The highest BCUT2D eigenvalue weighted by molar-refractivity contribution is 5.24. The lowest BCUT2D eigenvalue weighted by Crippen LogP contribution is -2.26. The predicted octanol–water partition coefficient (Wildman–Crippen LogP) is 0.354. The Bertz CT molecular complexity index is 411. The molecule has 2 rings (SSSR count). The summed E-state index contributed by atoms with van der Waals surface area (Å²) >= 11 is 0. The molecule has 1 aromatic heterocycles. The second-order valence-corrected chi connectivity index (χ2v) is 5.36. The van der Waals surface area contributed by atoms with E-state index >= 15 is 0 Å². The van der Waals surface area contributed by atoms with Gasteiger partial charge in [0.15, 0.2) is 0 Å². The molecule has 1 heterocycles. The highest BCUT2D eigenvalue weighted by atomic mass is 16.3. The van der Waals surface area contributed by atoms with Crippen LogP contribution >= 0.6 is 0 Å². The third kappa shape index (κ3) is 2.74. The van der Waals surface area contributed by atoms with Gasteiger partial charge in [-0.1, -0.05) is 0 Å². The SMILES string of the molecule is Cc1nn(CCO)c(C)c1CNCC1(CO)CC1. The third-order valence-corrected chi connectivity index (χ3v) is 3.94. The Labute approximate surface area is 108 Å². The lowest BCUT2D eigenvalue weighted by Gasteiger charge is -2.12. The first-order chi connectivity index (χ1) is 8.62. The standard InChI is InChI=1S/C13H23N3O2/c1-10-12(11(2)16(15-10)5-6-17)7-14-8-13(9-18)3-4-13/h14,17-18H,3-9H2,1-2H3. The van der Waals surface area contributed by atoms with Crippen LogP contribution in [0.4, 0.5) is 0 Å². The molecule has 0 saturated heterocycles. The van der Waals surface area contributed by atoms with Gasteiger partial charge < -0.3 is 15.5 Å². The zero-order valence-corrected chi connectivity index (χ0v) is 11.2. The van der Waals surface area contributed by atoms with Crippen molar-refractivity contribution in [3.05, 3.63) is 17.0 Å². The fourth-order valence-corrected chi connectivity index (χ4v) is 2.32. The molecule has 0 atom stereocenters. The van der Waals surface area contributed by atoms with Gasteiger partial charge in [-0.3, -0.25) is 4.68 Å². The van der Waals surface area contributed by atoms with Gasteiger partial charge in [0, 0.05) is 36.4 Å². The summed E-state index contributed by atoms with van der Waals surface area (Å²) in [5.41, 5.74) is 3.48. The highest BCUT2D eigenvalue weighted by Crippen LogP contribution is 2.44. The van der Waals surface area contributed by atoms with Crippen molar-refractivity contribution >= 4 is 0 Å². The van der Waals surface area contributed by atoms with Crippen LogP contribution < -0.4 is 5.32 Å². The van der Waals surface area contributed by atoms with Gasteiger partial charge in [0.1, 0.15) is 0 Å². The van der Waals surface area contributed by atoms with E-state index in [9.17, 15) is 5.11 Å². The van der Waals surface area contributed by atoms with Crippen LogP contribution in [-0.2, 0) is 13.1 Å². The Hall–Kier alpha value is -0.910. The largest absolute Gasteiger partial charge is 0.396 e. The van der Waals surface area contributed by atoms with Crippen LogP contribution in [0.5, 0.6) is 0 Å². The number of aliphatic hydroxyl groups is 2. The van der Waals surface area contributed by atoms with Gasteiger partial charge in [-0.2, -0.15) is 5.10 Å². The first-order valence-corrected chi connectivity index (χ1v) is 6.57. The Morgan fingerprint density at radius 3 is 2.61 bits per heavy atom. The highest BCUT2D eigenvalue weighted by Gasteiger charge is 2.41. The molecule has 0 radical (unpaired) electrons. The van der Waals surface area contributed by atoms with Gasteiger partial charge in [0.2, 0.25) is 0 Å². The molecule has 0 unspecified atom stereocenters. The first-order valence-electron chi connectivity index (χ1n) is 6.57. The Balaban J connectivity index is 1.92. The maximum Gasteiger partial charge on any atom is 0.0644 e. The Kier molecular flexibility index (Phi) is 4.04. The number of nitrogens with one attached hydrogen (secondary N) is 1. The Morgan fingerprint density at radius 1 is 1.33 bits per heavy atom. The van der Waals surface area contributed by atoms with Crippen molar-refractivity contribution in [2.24, 2.45) is 5.41 Å². The molecule has 1 saturated carbocycles. The number of nitrogens with zero attached hydrogens (tertiary/aromatic N) is 2. The topological polar surface area (TPSA) is 70.3 Å². The number of rotatable bonds is 7. The van der Waals surface area contributed by atoms with Crippen LogP contribution in [0.2, 0.25) is 0 Å². The number of aliphatic hydroxyl groups excluding tert-OH is 2. The zero-order chi connectivity index (χ0) is 13.2. The summed E-state index contributed by atoms with van der Waals surface area (Å²) in [5.74, 6) is 0. The second-order valence-electron chi connectivity index (χ2n) is 5.36. The summed E-state index contributed by atoms with van der Waals surface area (Å²) in [6.07, 6.45) is 2.25. The van der Waals surface area contributed by atoms with E-state index in [1.807, 2.05) is 18.5 Å². The van der Waals surface area contributed by atoms with Crippen LogP contribution in [0.25, 0.3) is 0 Å². The molecule has 3 N–H and O–H groups in total. The summed E-state index contributed by atoms with van der Waals surface area (Å²) in [6, 6.07) is 0. The molecule has 1 aliphatic rings. The van der Waals surface area contributed by atoms with Crippen molar-refractivity contribution in [2.45, 2.75) is 39.8 Å². The van der Waals surface area contributed by atoms with E-state index in [4.69, 9.17) is 5.11 Å². The lowest BCUT2D eigenvalue weighted by molar-refractivity contribution is 0.207. The van der Waals surface area contributed by atoms with E-state index in [0.29, 0.717) is 6.54 Å². The molecule has 18 heavy (non-hydrogen) atoms. The van der Waals surface area contributed by atoms with Crippen molar-refractivity contribution in [3.63, 3.8) is 0 Å². The van der Waals surface area contributed by atoms with Gasteiger partial charge in [-0.25, -0.2) is 0 Å². The fraction of sp³-hybridized carbons (Fsp3) is 0.769. The maximum atomic E-state index is 9.25. The first kappa shape index (κ1) is 13.5. The molecular formula is C13H23N3O2. The summed E-state index contributed by atoms with van der Waals surface area (Å²) < 4.78 is 1.85. The molecular weight excluding hydrogens is 230 g/mol. The van der Waals surface area contributed by atoms with E-state index in [1.165, 1.54) is 5.56 Å². The molecule has 0 amide bonds. The van der Waals surface area contributed by atoms with E-state index in [2.05, 4.69) is 10.4 Å². The van der Waals surface area contributed by atoms with Crippen LogP contribution in [0.3, 0.4) is 0 Å². The van der Waals surface area contributed by atoms with E-state index in [-0.39, 0.29) is 18.6 Å². The van der Waals surface area contributed by atoms with Gasteiger partial charge in [-0.05, 0) is 26.7 Å². The summed E-state index contributed by atoms with van der Waals surface area (Å²) in [7, 11) is 0. The van der Waals surface area contributed by atoms with Crippen LogP contribution in [0.1, 0.15) is 29.8 Å². The summed E-state index contributed by atoms with van der Waals surface area (Å²) in [6.45, 7) is 6.62. The minimum Gasteiger partial charge on any atom is -0.396 e. The minimum atomic E-state index is 0.114. The van der Waals surface area contributed by atoms with Gasteiger partial charge in [-0.15, -0.1) is 0 Å². The van der Waals surface area contributed by atoms with Crippen molar-refractivity contribution in [2.75, 3.05) is 19.8 Å². The molecule has 5 heteroatoms. The van der Waals surface area contributed by atoms with Crippen molar-refractivity contribution in [3.8, 4) is 0 Å². The van der Waals surface area contributed by atoms with Crippen molar-refractivity contribution < 1.29 is 10.2 Å². The smallest absolute Gasteiger partial charge is 0.0644 e. The average Bonchev–Trinajstić information content (AvgIpc) is 3.08. The van der Waals surface area contributed by atoms with Gasteiger partial charge in [0.05, 0.1) is 18.8 Å². The third-order valence-electron chi connectivity index (χ3n) is 3.94. The quantitative estimate of drug-likeness (QED) is 0.656. The van der Waals surface area contributed by atoms with Crippen molar-refractivity contribution in [1.29, 1.82) is 0 Å². The molecule has 0 spiro atoms. The van der Waals surface area contributed by atoms with Crippen LogP contribution in [-0.4, -0.2) is 39.8 Å². The number of aromatic nitrogens is 2. The number of hydrogen-bond acceptors (Lipinski definition) is 4. The maximum absolute atomic E-state index is 9.25. The molecule has 0 bridgehead atoms. The van der Waals surface area contributed by atoms with Gasteiger partial charge >= 0.3 is 0 Å². The molecule has 5 nitrogen and oxygen atoms in total. The summed E-state index contributed by atoms with van der Waals surface area (Å²) in [5, 5.41) is 26.1. The van der Waals surface area contributed by atoms with E-state index in [0.717, 1.165) is 37.3 Å². The predicted molar refractivity (Wildman–Crippen MR) is 69.2 cm³/mol. The molecule has 1 fully saturated rings. The zero-order valence-electron chi connectivity index (χ0n) is 11.2. The number of aryl methyl sites for hydroxylation is 1. The minimum absolute atomic E-state index is 0.114. The fourth-order valence-electron chi connectivity index (χ4n) is 2.32. The van der Waals surface area contributed by atoms with Crippen molar-refractivity contribution in [1.82, 2.24) is 15.1 Å². The van der Waals surface area contributed by atoms with E-state index < -0.39 is 0 Å². The molecule has 0 aromatic carbocycles. The monoisotopic (exact) mass is 253 g/mol. The molecule has 1 aliphatic carbocycles. The average molecular weight is 253 g/mol. The van der Waals surface area contributed by atoms with Crippen LogP contribution in [0.15, 0.2) is 0 Å². The summed E-state index contributed by atoms with van der Waals surface area (Å²) in [4.78, 5) is 0. The lowest BCUT2D eigenvalue weighted by atomic mass is 10.1. The normalized spacial score (nSPS) is 17.1. The molecule has 102 valence electrons. The van der Waals surface area contributed by atoms with E-state index in [1.54, 1.807) is 0 Å².